The molecule has 1 aromatic heterocycles. The summed E-state index contributed by atoms with van der Waals surface area (Å²) in [5.41, 5.74) is 1.92. The zero-order valence-corrected chi connectivity index (χ0v) is 9.40. The van der Waals surface area contributed by atoms with Gasteiger partial charge in [0.15, 0.2) is 0 Å². The number of aryl methyl sites for hydroxylation is 1. The molecule has 0 aromatic carbocycles. The average molecular weight is 207 g/mol. The molecule has 14 heavy (non-hydrogen) atoms. The first-order valence-electron chi connectivity index (χ1n) is 4.67. The first-order valence-corrected chi connectivity index (χ1v) is 5.45. The minimum absolute atomic E-state index is 0.380. The largest absolute Gasteiger partial charge is 0.371 e. The predicted molar refractivity (Wildman–Crippen MR) is 57.4 cm³/mol. The highest BCUT2D eigenvalue weighted by atomic mass is 32.1. The van der Waals surface area contributed by atoms with Gasteiger partial charge in [-0.15, -0.1) is 0 Å². The third kappa shape index (κ3) is 1.48. The third-order valence-corrected chi connectivity index (χ3v) is 3.66. The summed E-state index contributed by atoms with van der Waals surface area (Å²) in [6.45, 7) is 6.33. The van der Waals surface area contributed by atoms with E-state index >= 15 is 0 Å². The smallest absolute Gasteiger partial charge is 0.127 e. The molecule has 3 nitrogen and oxygen atoms in total. The lowest BCUT2D eigenvalue weighted by Crippen LogP contribution is -2.08. The number of nitrogens with one attached hydrogen (secondary N) is 1. The van der Waals surface area contributed by atoms with Crippen molar-refractivity contribution in [3.8, 4) is 6.07 Å². The minimum atomic E-state index is 0.380. The Balaban J connectivity index is 2.15. The number of aromatic nitrogens is 1. The molecule has 1 heterocycles. The van der Waals surface area contributed by atoms with Crippen LogP contribution in [0.5, 0.6) is 0 Å². The molecular formula is C10H13N3S. The van der Waals surface area contributed by atoms with E-state index in [1.165, 1.54) is 18.0 Å². The second-order valence-corrected chi connectivity index (χ2v) is 5.25. The Morgan fingerprint density at radius 1 is 1.64 bits per heavy atom. The molecule has 0 spiro atoms. The van der Waals surface area contributed by atoms with Crippen LogP contribution in [-0.4, -0.2) is 10.4 Å². The molecule has 0 saturated heterocycles. The molecule has 1 atom stereocenters. The number of nitrogens with zero attached hydrogens (tertiary/aromatic N) is 2. The van der Waals surface area contributed by atoms with Crippen LogP contribution in [0, 0.1) is 23.7 Å². The molecule has 4 heteroatoms. The number of anilines is 1. The first-order chi connectivity index (χ1) is 6.54. The van der Waals surface area contributed by atoms with Gasteiger partial charge in [-0.2, -0.15) is 9.64 Å². The lowest BCUT2D eigenvalue weighted by atomic mass is 10.2. The summed E-state index contributed by atoms with van der Waals surface area (Å²) in [7, 11) is 0. The summed E-state index contributed by atoms with van der Waals surface area (Å²) in [6, 6.07) is 2.70. The Hall–Kier alpha value is -1.08. The van der Waals surface area contributed by atoms with Crippen LogP contribution in [0.15, 0.2) is 0 Å². The average Bonchev–Trinajstić information content (AvgIpc) is 2.55. The van der Waals surface area contributed by atoms with Gasteiger partial charge in [-0.25, -0.2) is 0 Å². The summed E-state index contributed by atoms with van der Waals surface area (Å²) in [5.74, 6) is 0. The molecule has 0 bridgehead atoms. The predicted octanol–water partition coefficient (Wildman–Crippen LogP) is 2.53. The summed E-state index contributed by atoms with van der Waals surface area (Å²) < 4.78 is 4.17. The van der Waals surface area contributed by atoms with Gasteiger partial charge in [-0.05, 0) is 30.3 Å². The van der Waals surface area contributed by atoms with Gasteiger partial charge in [0.1, 0.15) is 16.6 Å². The maximum absolute atomic E-state index is 8.93. The molecule has 1 aromatic rings. The van der Waals surface area contributed by atoms with Gasteiger partial charge < -0.3 is 5.32 Å². The molecule has 1 fully saturated rings. The molecule has 0 radical (unpaired) electrons. The van der Waals surface area contributed by atoms with Crippen molar-refractivity contribution in [3.05, 3.63) is 11.3 Å². The van der Waals surface area contributed by atoms with Gasteiger partial charge in [0.25, 0.3) is 0 Å². The highest BCUT2D eigenvalue weighted by Crippen LogP contribution is 2.47. The zero-order chi connectivity index (χ0) is 10.3. The molecule has 1 unspecified atom stereocenters. The van der Waals surface area contributed by atoms with Crippen LogP contribution in [0.3, 0.4) is 0 Å². The molecule has 2 rings (SSSR count). The quantitative estimate of drug-likeness (QED) is 0.810. The van der Waals surface area contributed by atoms with Gasteiger partial charge in [0, 0.05) is 6.04 Å². The standard InChI is InChI=1S/C10H13N3S/c1-6-7(5-11)9(14-13-6)12-8-4-10(8,2)3/h8,12H,4H2,1-3H3. The van der Waals surface area contributed by atoms with E-state index < -0.39 is 0 Å². The normalized spacial score (nSPS) is 22.9. The number of nitriles is 1. The Morgan fingerprint density at radius 3 is 2.79 bits per heavy atom. The molecule has 1 N–H and O–H groups in total. The van der Waals surface area contributed by atoms with E-state index in [-0.39, 0.29) is 0 Å². The van der Waals surface area contributed by atoms with E-state index in [0.717, 1.165) is 10.7 Å². The molecular weight excluding hydrogens is 194 g/mol. The zero-order valence-electron chi connectivity index (χ0n) is 8.59. The van der Waals surface area contributed by atoms with Crippen LogP contribution in [-0.2, 0) is 0 Å². The van der Waals surface area contributed by atoms with Crippen molar-refractivity contribution in [3.63, 3.8) is 0 Å². The second-order valence-electron chi connectivity index (χ2n) is 4.47. The van der Waals surface area contributed by atoms with Crippen LogP contribution in [0.1, 0.15) is 31.5 Å². The summed E-state index contributed by atoms with van der Waals surface area (Å²) in [6.07, 6.45) is 1.18. The summed E-state index contributed by atoms with van der Waals surface area (Å²) >= 11 is 1.39. The van der Waals surface area contributed by atoms with Crippen LogP contribution < -0.4 is 5.32 Å². The number of hydrogen-bond acceptors (Lipinski definition) is 4. The SMILES string of the molecule is Cc1nsc(NC2CC2(C)C)c1C#N. The van der Waals surface area contributed by atoms with Crippen LogP contribution in [0.25, 0.3) is 0 Å². The van der Waals surface area contributed by atoms with Crippen molar-refractivity contribution in [2.75, 3.05) is 5.32 Å². The first kappa shape index (κ1) is 9.47. The fourth-order valence-electron chi connectivity index (χ4n) is 1.47. The minimum Gasteiger partial charge on any atom is -0.371 e. The van der Waals surface area contributed by atoms with Gasteiger partial charge in [0.05, 0.1) is 5.69 Å². The third-order valence-electron chi connectivity index (χ3n) is 2.79. The van der Waals surface area contributed by atoms with E-state index in [2.05, 4.69) is 29.6 Å². The van der Waals surface area contributed by atoms with Crippen LogP contribution >= 0.6 is 11.5 Å². The summed E-state index contributed by atoms with van der Waals surface area (Å²) in [4.78, 5) is 0. The lowest BCUT2D eigenvalue weighted by molar-refractivity contribution is 0.631. The van der Waals surface area contributed by atoms with Crippen LogP contribution in [0.4, 0.5) is 5.00 Å². The van der Waals surface area contributed by atoms with Crippen molar-refractivity contribution in [1.82, 2.24) is 4.37 Å². The van der Waals surface area contributed by atoms with Crippen molar-refractivity contribution < 1.29 is 0 Å². The Labute approximate surface area is 87.9 Å². The Morgan fingerprint density at radius 2 is 2.29 bits per heavy atom. The monoisotopic (exact) mass is 207 g/mol. The van der Waals surface area contributed by atoms with Crippen molar-refractivity contribution in [2.45, 2.75) is 33.2 Å². The molecule has 74 valence electrons. The van der Waals surface area contributed by atoms with Crippen LogP contribution in [0.2, 0.25) is 0 Å². The Kier molecular flexibility index (Phi) is 2.00. The van der Waals surface area contributed by atoms with Gasteiger partial charge >= 0.3 is 0 Å². The molecule has 0 amide bonds. The second kappa shape index (κ2) is 2.96. The fraction of sp³-hybridized carbons (Fsp3) is 0.600. The maximum Gasteiger partial charge on any atom is 0.127 e. The molecule has 1 aliphatic carbocycles. The lowest BCUT2D eigenvalue weighted by Gasteiger charge is -2.04. The maximum atomic E-state index is 8.93. The van der Waals surface area contributed by atoms with Crippen molar-refractivity contribution in [2.24, 2.45) is 5.41 Å². The summed E-state index contributed by atoms with van der Waals surface area (Å²) in [5, 5.41) is 13.2. The van der Waals surface area contributed by atoms with E-state index in [9.17, 15) is 0 Å². The number of hydrogen-bond donors (Lipinski definition) is 1. The highest BCUT2D eigenvalue weighted by Gasteiger charge is 2.46. The molecule has 0 aliphatic heterocycles. The number of rotatable bonds is 2. The van der Waals surface area contributed by atoms with Crippen molar-refractivity contribution >= 4 is 16.5 Å². The Bertz CT molecular complexity index is 400. The van der Waals surface area contributed by atoms with Gasteiger partial charge in [-0.3, -0.25) is 0 Å². The van der Waals surface area contributed by atoms with E-state index in [1.54, 1.807) is 0 Å². The topological polar surface area (TPSA) is 48.7 Å². The van der Waals surface area contributed by atoms with E-state index in [4.69, 9.17) is 5.26 Å². The highest BCUT2D eigenvalue weighted by molar-refractivity contribution is 7.10. The molecule has 1 saturated carbocycles. The van der Waals surface area contributed by atoms with Gasteiger partial charge in [-0.1, -0.05) is 13.8 Å². The fourth-order valence-corrected chi connectivity index (χ4v) is 2.27. The van der Waals surface area contributed by atoms with Crippen molar-refractivity contribution in [1.29, 1.82) is 5.26 Å². The van der Waals surface area contributed by atoms with Gasteiger partial charge in [0.2, 0.25) is 0 Å². The molecule has 1 aliphatic rings. The van der Waals surface area contributed by atoms with E-state index in [1.807, 2.05) is 6.92 Å². The van der Waals surface area contributed by atoms with E-state index in [0.29, 0.717) is 17.0 Å².